The van der Waals surface area contributed by atoms with Gasteiger partial charge in [-0.1, -0.05) is 72.0 Å². The molecule has 0 radical (unpaired) electrons. The van der Waals surface area contributed by atoms with Gasteiger partial charge in [0.1, 0.15) is 12.4 Å². The third kappa shape index (κ3) is 7.48. The minimum atomic E-state index is -0.873. The molecule has 6 rings (SSSR count). The summed E-state index contributed by atoms with van der Waals surface area (Å²) < 4.78 is 29.7. The van der Waals surface area contributed by atoms with Crippen LogP contribution in [0.15, 0.2) is 112 Å². The monoisotopic (exact) mass is 704 g/mol. The summed E-state index contributed by atoms with van der Waals surface area (Å²) in [6, 6.07) is 28.3. The Hall–Kier alpha value is -5.94. The third-order valence-corrected chi connectivity index (χ3v) is 9.11. The maximum absolute atomic E-state index is 14.3. The van der Waals surface area contributed by atoms with Gasteiger partial charge in [0.05, 0.1) is 54.8 Å². The highest BCUT2D eigenvalue weighted by Gasteiger charge is 2.35. The molecule has 0 bridgehead atoms. The fourth-order valence-electron chi connectivity index (χ4n) is 5.74. The van der Waals surface area contributed by atoms with Gasteiger partial charge in [-0.05, 0) is 73.0 Å². The first-order chi connectivity index (χ1) is 24.8. The molecule has 0 aliphatic carbocycles. The van der Waals surface area contributed by atoms with Crippen LogP contribution in [0.3, 0.4) is 0 Å². The SMILES string of the molecule is CCOC(=O)C1=C(c2ccccc2)N=c2s/c(=C\c3cccc(OCc4ccc(C(=O)OCC)cc4)c3)c(=O)n2[C@H]1c1ccc(OC)c(OC)c1. The Bertz CT molecular complexity index is 2270. The van der Waals surface area contributed by atoms with Crippen LogP contribution < -0.4 is 29.1 Å². The smallest absolute Gasteiger partial charge is 0.338 e. The average molecular weight is 705 g/mol. The molecule has 5 aromatic rings. The maximum Gasteiger partial charge on any atom is 0.338 e. The quantitative estimate of drug-likeness (QED) is 0.152. The predicted octanol–water partition coefficient (Wildman–Crippen LogP) is 5.71. The molecule has 0 saturated carbocycles. The van der Waals surface area contributed by atoms with Crippen molar-refractivity contribution in [1.82, 2.24) is 4.57 Å². The largest absolute Gasteiger partial charge is 0.493 e. The number of carbonyl (C=O) groups excluding carboxylic acids is 2. The Morgan fingerprint density at radius 1 is 0.824 bits per heavy atom. The van der Waals surface area contributed by atoms with Crippen LogP contribution in [0.1, 0.15) is 52.5 Å². The number of esters is 2. The number of carbonyl (C=O) groups is 2. The van der Waals surface area contributed by atoms with Crippen LogP contribution >= 0.6 is 11.3 Å². The first-order valence-electron chi connectivity index (χ1n) is 16.3. The highest BCUT2D eigenvalue weighted by Crippen LogP contribution is 2.38. The predicted molar refractivity (Wildman–Crippen MR) is 194 cm³/mol. The van der Waals surface area contributed by atoms with Crippen LogP contribution in [0.5, 0.6) is 17.2 Å². The lowest BCUT2D eigenvalue weighted by Crippen LogP contribution is -2.40. The summed E-state index contributed by atoms with van der Waals surface area (Å²) in [5, 5.41) is 0. The van der Waals surface area contributed by atoms with Crippen molar-refractivity contribution in [2.24, 2.45) is 4.99 Å². The molecule has 11 heteroatoms. The number of fused-ring (bicyclic) bond motifs is 1. The van der Waals surface area contributed by atoms with E-state index >= 15 is 0 Å². The Kier molecular flexibility index (Phi) is 10.8. The molecule has 10 nitrogen and oxygen atoms in total. The molecule has 0 amide bonds. The van der Waals surface area contributed by atoms with E-state index in [0.717, 1.165) is 11.1 Å². The van der Waals surface area contributed by atoms with Gasteiger partial charge in [-0.3, -0.25) is 9.36 Å². The van der Waals surface area contributed by atoms with Crippen LogP contribution in [-0.4, -0.2) is 43.9 Å². The molecule has 0 N–H and O–H groups in total. The molecule has 260 valence electrons. The van der Waals surface area contributed by atoms with Crippen molar-refractivity contribution in [3.63, 3.8) is 0 Å². The molecule has 1 aromatic heterocycles. The summed E-state index contributed by atoms with van der Waals surface area (Å²) in [6.07, 6.45) is 1.78. The Balaban J connectivity index is 1.42. The zero-order chi connectivity index (χ0) is 35.9. The first kappa shape index (κ1) is 34.9. The van der Waals surface area contributed by atoms with Gasteiger partial charge in [-0.2, -0.15) is 0 Å². The number of ether oxygens (including phenoxy) is 5. The Morgan fingerprint density at radius 2 is 1.55 bits per heavy atom. The van der Waals surface area contributed by atoms with Crippen molar-refractivity contribution >= 4 is 35.0 Å². The number of rotatable bonds is 12. The van der Waals surface area contributed by atoms with E-state index in [1.54, 1.807) is 51.3 Å². The number of aromatic nitrogens is 1. The van der Waals surface area contributed by atoms with Gasteiger partial charge in [-0.15, -0.1) is 0 Å². The molecular formula is C40H36N2O8S. The van der Waals surface area contributed by atoms with Gasteiger partial charge in [-0.25, -0.2) is 14.6 Å². The Morgan fingerprint density at radius 3 is 2.25 bits per heavy atom. The molecule has 51 heavy (non-hydrogen) atoms. The molecule has 0 spiro atoms. The van der Waals surface area contributed by atoms with Crippen LogP contribution in [0.4, 0.5) is 0 Å². The number of hydrogen-bond acceptors (Lipinski definition) is 10. The summed E-state index contributed by atoms with van der Waals surface area (Å²) in [5.41, 5.74) is 3.77. The summed E-state index contributed by atoms with van der Waals surface area (Å²) in [6.45, 7) is 4.23. The van der Waals surface area contributed by atoms with Crippen LogP contribution in [0.2, 0.25) is 0 Å². The van der Waals surface area contributed by atoms with Gasteiger partial charge in [0, 0.05) is 5.56 Å². The van der Waals surface area contributed by atoms with Crippen LogP contribution in [0, 0.1) is 0 Å². The van der Waals surface area contributed by atoms with Crippen molar-refractivity contribution in [3.05, 3.63) is 150 Å². The standard InChI is InChI=1S/C40H36N2O8S/c1-5-48-38(44)28-17-15-25(16-18-28)24-50-30-14-10-11-26(21-30)22-33-37(43)42-36(29-19-20-31(46-3)32(23-29)47-4)34(39(45)49-6-2)35(41-40(42)51-33)27-12-8-7-9-13-27/h7-23,36H,5-6,24H2,1-4H3/b33-22-/t36-/m0/s1. The highest BCUT2D eigenvalue weighted by atomic mass is 32.1. The van der Waals surface area contributed by atoms with Gasteiger partial charge in [0.2, 0.25) is 0 Å². The lowest BCUT2D eigenvalue weighted by Gasteiger charge is -2.26. The summed E-state index contributed by atoms with van der Waals surface area (Å²) in [7, 11) is 3.08. The number of nitrogens with zero attached hydrogens (tertiary/aromatic N) is 2. The number of methoxy groups -OCH3 is 2. The Labute approximate surface area is 298 Å². The molecule has 1 atom stereocenters. The molecular weight excluding hydrogens is 669 g/mol. The molecule has 2 heterocycles. The zero-order valence-corrected chi connectivity index (χ0v) is 29.4. The van der Waals surface area contributed by atoms with Crippen molar-refractivity contribution in [2.45, 2.75) is 26.5 Å². The van der Waals surface area contributed by atoms with Crippen molar-refractivity contribution in [2.75, 3.05) is 27.4 Å². The van der Waals surface area contributed by atoms with Crippen LogP contribution in [-0.2, 0) is 20.9 Å². The summed E-state index contributed by atoms with van der Waals surface area (Å²) >= 11 is 1.23. The van der Waals surface area contributed by atoms with Gasteiger partial charge in [0.15, 0.2) is 16.3 Å². The van der Waals surface area contributed by atoms with E-state index in [9.17, 15) is 14.4 Å². The lowest BCUT2D eigenvalue weighted by molar-refractivity contribution is -0.138. The van der Waals surface area contributed by atoms with Crippen LogP contribution in [0.25, 0.3) is 11.8 Å². The third-order valence-electron chi connectivity index (χ3n) is 8.12. The fraction of sp³-hybridized carbons (Fsp3) is 0.200. The molecule has 0 saturated heterocycles. The van der Waals surface area contributed by atoms with E-state index in [-0.39, 0.29) is 30.3 Å². The van der Waals surface area contributed by atoms with Crippen molar-refractivity contribution in [1.29, 1.82) is 0 Å². The van der Waals surface area contributed by atoms with Gasteiger partial charge in [0.25, 0.3) is 5.56 Å². The van der Waals surface area contributed by atoms with Crippen molar-refractivity contribution in [3.8, 4) is 17.2 Å². The van der Waals surface area contributed by atoms with Crippen molar-refractivity contribution < 1.29 is 33.3 Å². The highest BCUT2D eigenvalue weighted by molar-refractivity contribution is 7.07. The van der Waals surface area contributed by atoms with E-state index in [2.05, 4.69) is 0 Å². The number of thiazole rings is 1. The lowest BCUT2D eigenvalue weighted by atomic mass is 9.93. The van der Waals surface area contributed by atoms with E-state index in [0.29, 0.717) is 55.6 Å². The topological polar surface area (TPSA) is 115 Å². The average Bonchev–Trinajstić information content (AvgIpc) is 3.47. The zero-order valence-electron chi connectivity index (χ0n) is 28.6. The molecule has 1 aliphatic rings. The summed E-state index contributed by atoms with van der Waals surface area (Å²) in [4.78, 5) is 45.5. The van der Waals surface area contributed by atoms with Gasteiger partial charge < -0.3 is 23.7 Å². The first-order valence-corrected chi connectivity index (χ1v) is 17.2. The van der Waals surface area contributed by atoms with E-state index in [1.807, 2.05) is 72.8 Å². The fourth-order valence-corrected chi connectivity index (χ4v) is 6.74. The second-order valence-corrected chi connectivity index (χ2v) is 12.3. The van der Waals surface area contributed by atoms with E-state index in [4.69, 9.17) is 28.7 Å². The number of benzene rings is 4. The van der Waals surface area contributed by atoms with Gasteiger partial charge >= 0.3 is 11.9 Å². The molecule has 0 fully saturated rings. The molecule has 0 unspecified atom stereocenters. The molecule has 4 aromatic carbocycles. The minimum absolute atomic E-state index is 0.144. The van der Waals surface area contributed by atoms with E-state index in [1.165, 1.54) is 23.0 Å². The second kappa shape index (κ2) is 15.7. The normalized spacial score (nSPS) is 14.0. The minimum Gasteiger partial charge on any atom is -0.493 e. The summed E-state index contributed by atoms with van der Waals surface area (Å²) in [5.74, 6) is 0.617. The number of hydrogen-bond donors (Lipinski definition) is 0. The second-order valence-electron chi connectivity index (χ2n) is 11.3. The maximum atomic E-state index is 14.3. The van der Waals surface area contributed by atoms with E-state index < -0.39 is 12.0 Å². The molecule has 1 aliphatic heterocycles.